The van der Waals surface area contributed by atoms with Crippen LogP contribution in [0, 0.1) is 0 Å². The van der Waals surface area contributed by atoms with Gasteiger partial charge in [0.25, 0.3) is 0 Å². The summed E-state index contributed by atoms with van der Waals surface area (Å²) in [6, 6.07) is 16.0. The number of hydrogen-bond donors (Lipinski definition) is 2. The molecule has 1 atom stereocenters. The molecule has 0 amide bonds. The third-order valence-electron chi connectivity index (χ3n) is 5.56. The lowest BCUT2D eigenvalue weighted by Crippen LogP contribution is -2.14. The minimum atomic E-state index is -0.810. The highest BCUT2D eigenvalue weighted by molar-refractivity contribution is 5.68. The van der Waals surface area contributed by atoms with E-state index in [9.17, 15) is 9.90 Å². The third kappa shape index (κ3) is 5.26. The second-order valence-corrected chi connectivity index (χ2v) is 7.89. The second kappa shape index (κ2) is 9.57. The molecule has 4 rings (SSSR count). The predicted molar refractivity (Wildman–Crippen MR) is 115 cm³/mol. The Labute approximate surface area is 176 Å². The monoisotopic (exact) mass is 405 g/mol. The van der Waals surface area contributed by atoms with E-state index in [1.165, 1.54) is 12.0 Å². The molecule has 6 nitrogen and oxygen atoms in total. The summed E-state index contributed by atoms with van der Waals surface area (Å²) in [6.07, 6.45) is 5.51. The van der Waals surface area contributed by atoms with Crippen LogP contribution in [0.15, 0.2) is 53.1 Å². The van der Waals surface area contributed by atoms with Crippen LogP contribution in [0.4, 0.5) is 5.82 Å². The number of pyridine rings is 1. The summed E-state index contributed by atoms with van der Waals surface area (Å²) in [4.78, 5) is 16.0. The van der Waals surface area contributed by atoms with E-state index in [0.717, 1.165) is 60.8 Å². The SMILES string of the molecule is O=C(O)CC(Cc1cc(CCCc2ccc3c(n2)NCCC3)no1)c1ccccc1. The van der Waals surface area contributed by atoms with E-state index in [1.54, 1.807) is 0 Å². The number of carbonyl (C=O) groups is 1. The summed E-state index contributed by atoms with van der Waals surface area (Å²) in [5.41, 5.74) is 4.31. The second-order valence-electron chi connectivity index (χ2n) is 7.89. The molecule has 156 valence electrons. The zero-order chi connectivity index (χ0) is 20.8. The topological polar surface area (TPSA) is 88.2 Å². The number of benzene rings is 1. The van der Waals surface area contributed by atoms with Crippen molar-refractivity contribution in [2.45, 2.75) is 50.9 Å². The molecule has 1 aliphatic rings. The molecule has 0 radical (unpaired) electrons. The maximum Gasteiger partial charge on any atom is 0.303 e. The molecule has 0 spiro atoms. The van der Waals surface area contributed by atoms with E-state index in [1.807, 2.05) is 36.4 Å². The Bertz CT molecular complexity index is 984. The number of aryl methyl sites for hydroxylation is 3. The third-order valence-corrected chi connectivity index (χ3v) is 5.56. The van der Waals surface area contributed by atoms with Crippen LogP contribution in [0.1, 0.15) is 53.5 Å². The number of fused-ring (bicyclic) bond motifs is 1. The van der Waals surface area contributed by atoms with E-state index >= 15 is 0 Å². The number of rotatable bonds is 9. The molecule has 6 heteroatoms. The maximum atomic E-state index is 11.3. The van der Waals surface area contributed by atoms with E-state index < -0.39 is 5.97 Å². The van der Waals surface area contributed by atoms with Crippen LogP contribution in [0.3, 0.4) is 0 Å². The summed E-state index contributed by atoms with van der Waals surface area (Å²) < 4.78 is 5.51. The van der Waals surface area contributed by atoms with E-state index in [-0.39, 0.29) is 12.3 Å². The van der Waals surface area contributed by atoms with Gasteiger partial charge in [0.05, 0.1) is 12.1 Å². The molecule has 0 saturated heterocycles. The molecule has 2 aromatic heterocycles. The van der Waals surface area contributed by atoms with Crippen LogP contribution in [0.5, 0.6) is 0 Å². The van der Waals surface area contributed by atoms with Crippen molar-refractivity contribution in [1.82, 2.24) is 10.1 Å². The molecule has 3 heterocycles. The van der Waals surface area contributed by atoms with Crippen molar-refractivity contribution in [2.75, 3.05) is 11.9 Å². The molecule has 0 aliphatic carbocycles. The van der Waals surface area contributed by atoms with Gasteiger partial charge in [-0.25, -0.2) is 4.98 Å². The number of aromatic nitrogens is 2. The normalized spacial score (nSPS) is 14.0. The summed E-state index contributed by atoms with van der Waals surface area (Å²) >= 11 is 0. The summed E-state index contributed by atoms with van der Waals surface area (Å²) in [5.74, 6) is 0.830. The van der Waals surface area contributed by atoms with Gasteiger partial charge in [0.15, 0.2) is 0 Å². The zero-order valence-electron chi connectivity index (χ0n) is 17.0. The first-order valence-corrected chi connectivity index (χ1v) is 10.6. The molecular formula is C24H27N3O3. The minimum Gasteiger partial charge on any atom is -0.481 e. The molecule has 2 N–H and O–H groups in total. The van der Waals surface area contributed by atoms with Crippen molar-refractivity contribution in [2.24, 2.45) is 0 Å². The van der Waals surface area contributed by atoms with Gasteiger partial charge in [0, 0.05) is 30.6 Å². The fraction of sp³-hybridized carbons (Fsp3) is 0.375. The number of nitrogens with one attached hydrogen (secondary N) is 1. The Hall–Kier alpha value is -3.15. The fourth-order valence-corrected chi connectivity index (χ4v) is 4.02. The largest absolute Gasteiger partial charge is 0.481 e. The lowest BCUT2D eigenvalue weighted by atomic mass is 9.91. The highest BCUT2D eigenvalue weighted by Gasteiger charge is 2.19. The van der Waals surface area contributed by atoms with Crippen molar-refractivity contribution in [3.8, 4) is 0 Å². The van der Waals surface area contributed by atoms with Crippen molar-refractivity contribution < 1.29 is 14.4 Å². The Morgan fingerprint density at radius 3 is 2.80 bits per heavy atom. The van der Waals surface area contributed by atoms with Crippen LogP contribution in [-0.2, 0) is 30.5 Å². The highest BCUT2D eigenvalue weighted by Crippen LogP contribution is 2.25. The first kappa shape index (κ1) is 20.1. The van der Waals surface area contributed by atoms with Crippen LogP contribution in [0.25, 0.3) is 0 Å². The van der Waals surface area contributed by atoms with Gasteiger partial charge in [-0.1, -0.05) is 41.6 Å². The zero-order valence-corrected chi connectivity index (χ0v) is 17.0. The first-order valence-electron chi connectivity index (χ1n) is 10.6. The Kier molecular flexibility index (Phi) is 6.42. The Morgan fingerprint density at radius 2 is 1.97 bits per heavy atom. The molecular weight excluding hydrogens is 378 g/mol. The first-order chi connectivity index (χ1) is 14.7. The van der Waals surface area contributed by atoms with Gasteiger partial charge >= 0.3 is 5.97 Å². The average molecular weight is 405 g/mol. The van der Waals surface area contributed by atoms with E-state index in [2.05, 4.69) is 22.6 Å². The number of aliphatic carboxylic acids is 1. The highest BCUT2D eigenvalue weighted by atomic mass is 16.5. The van der Waals surface area contributed by atoms with Crippen LogP contribution >= 0.6 is 0 Å². The molecule has 30 heavy (non-hydrogen) atoms. The molecule has 1 aromatic carbocycles. The van der Waals surface area contributed by atoms with Crippen molar-refractivity contribution >= 4 is 11.8 Å². The number of carboxylic acid groups (broad SMARTS) is 1. The number of hydrogen-bond acceptors (Lipinski definition) is 5. The van der Waals surface area contributed by atoms with Crippen molar-refractivity contribution in [1.29, 1.82) is 0 Å². The smallest absolute Gasteiger partial charge is 0.303 e. The molecule has 1 aliphatic heterocycles. The van der Waals surface area contributed by atoms with Gasteiger partial charge in [0.2, 0.25) is 0 Å². The van der Waals surface area contributed by atoms with E-state index in [4.69, 9.17) is 9.51 Å². The number of carboxylic acids is 1. The van der Waals surface area contributed by atoms with Gasteiger partial charge in [-0.3, -0.25) is 4.79 Å². The maximum absolute atomic E-state index is 11.3. The van der Waals surface area contributed by atoms with Gasteiger partial charge < -0.3 is 14.9 Å². The molecule has 1 unspecified atom stereocenters. The molecule has 0 saturated carbocycles. The van der Waals surface area contributed by atoms with Gasteiger partial charge in [0.1, 0.15) is 11.6 Å². The summed E-state index contributed by atoms with van der Waals surface area (Å²) in [5, 5.41) is 16.8. The van der Waals surface area contributed by atoms with Crippen LogP contribution in [-0.4, -0.2) is 27.8 Å². The Balaban J connectivity index is 1.33. The quantitative estimate of drug-likeness (QED) is 0.548. The van der Waals surface area contributed by atoms with Gasteiger partial charge in [-0.15, -0.1) is 0 Å². The molecule has 3 aromatic rings. The summed E-state index contributed by atoms with van der Waals surface area (Å²) in [6.45, 7) is 0.997. The van der Waals surface area contributed by atoms with Gasteiger partial charge in [-0.05, 0) is 49.3 Å². The van der Waals surface area contributed by atoms with Gasteiger partial charge in [-0.2, -0.15) is 0 Å². The summed E-state index contributed by atoms with van der Waals surface area (Å²) in [7, 11) is 0. The van der Waals surface area contributed by atoms with Crippen LogP contribution in [0.2, 0.25) is 0 Å². The minimum absolute atomic E-state index is 0.0675. The lowest BCUT2D eigenvalue weighted by Gasteiger charge is -2.17. The van der Waals surface area contributed by atoms with Crippen molar-refractivity contribution in [3.05, 3.63) is 76.8 Å². The van der Waals surface area contributed by atoms with Crippen LogP contribution < -0.4 is 5.32 Å². The Morgan fingerprint density at radius 1 is 1.13 bits per heavy atom. The molecule has 0 bridgehead atoms. The lowest BCUT2D eigenvalue weighted by molar-refractivity contribution is -0.137. The van der Waals surface area contributed by atoms with E-state index in [0.29, 0.717) is 6.42 Å². The standard InChI is InChI=1S/C24H27N3O3/c28-23(29)15-19(17-6-2-1-3-7-17)14-22-16-21(27-30-22)10-4-9-20-12-11-18-8-5-13-25-24(18)26-20/h1-3,6-7,11-12,16,19H,4-5,8-10,13-15H2,(H,25,26)(H,28,29). The predicted octanol–water partition coefficient (Wildman–Crippen LogP) is 4.40. The average Bonchev–Trinajstić information content (AvgIpc) is 3.21. The molecule has 0 fully saturated rings. The number of nitrogens with zero attached hydrogens (tertiary/aromatic N) is 2. The fourth-order valence-electron chi connectivity index (χ4n) is 4.02. The number of anilines is 1. The van der Waals surface area contributed by atoms with Crippen molar-refractivity contribution in [3.63, 3.8) is 0 Å².